The molecule has 22 heavy (non-hydrogen) atoms. The van der Waals surface area contributed by atoms with Crippen LogP contribution in [0.25, 0.3) is 0 Å². The molecular weight excluding hydrogens is 328 g/mol. The number of amides is 4. The van der Waals surface area contributed by atoms with Crippen LogP contribution < -0.4 is 22.1 Å². The number of nitrogens with two attached hydrogens (primary N) is 2. The molecular formula is C12H18N4O4S2. The van der Waals surface area contributed by atoms with Gasteiger partial charge < -0.3 is 22.1 Å². The molecule has 0 rings (SSSR count). The zero-order chi connectivity index (χ0) is 17.1. The van der Waals surface area contributed by atoms with Gasteiger partial charge in [0.05, 0.1) is 0 Å². The molecule has 0 radical (unpaired) electrons. The number of hydrogen-bond donors (Lipinski definition) is 4. The number of carbonyl (C=O) groups excluding carboxylic acids is 4. The van der Waals surface area contributed by atoms with E-state index in [9.17, 15) is 19.2 Å². The second-order valence-electron chi connectivity index (χ2n) is 3.90. The number of rotatable bonds is 11. The zero-order valence-electron chi connectivity index (χ0n) is 11.7. The molecule has 0 saturated carbocycles. The van der Waals surface area contributed by atoms with E-state index < -0.39 is 35.7 Å². The first-order valence-corrected chi connectivity index (χ1v) is 8.49. The smallest absolute Gasteiger partial charge is 0.244 e. The summed E-state index contributed by atoms with van der Waals surface area (Å²) in [7, 11) is 2.41. The molecule has 0 aliphatic carbocycles. The van der Waals surface area contributed by atoms with Crippen molar-refractivity contribution in [2.75, 3.05) is 11.5 Å². The maximum absolute atomic E-state index is 11.2. The fourth-order valence-electron chi connectivity index (χ4n) is 1.08. The Morgan fingerprint density at radius 2 is 1.18 bits per heavy atom. The number of hydrogen-bond acceptors (Lipinski definition) is 6. The van der Waals surface area contributed by atoms with Crippen LogP contribution in [0.2, 0.25) is 0 Å². The molecule has 122 valence electrons. The minimum absolute atomic E-state index is 0.195. The Bertz CT molecular complexity index is 428. The molecule has 0 heterocycles. The molecule has 0 saturated heterocycles. The van der Waals surface area contributed by atoms with E-state index in [4.69, 9.17) is 11.5 Å². The first-order valence-electron chi connectivity index (χ1n) is 6.00. The van der Waals surface area contributed by atoms with Crippen LogP contribution in [0.1, 0.15) is 0 Å². The number of primary amides is 2. The normalized spacial score (nSPS) is 12.5. The van der Waals surface area contributed by atoms with Gasteiger partial charge in [0.25, 0.3) is 0 Å². The molecule has 8 nitrogen and oxygen atoms in total. The van der Waals surface area contributed by atoms with Crippen molar-refractivity contribution in [1.82, 2.24) is 10.6 Å². The molecule has 6 N–H and O–H groups in total. The predicted molar refractivity (Wildman–Crippen MR) is 87.6 cm³/mol. The summed E-state index contributed by atoms with van der Waals surface area (Å²) in [4.78, 5) is 44.6. The second kappa shape index (κ2) is 10.7. The lowest BCUT2D eigenvalue weighted by Gasteiger charge is -2.15. The minimum atomic E-state index is -0.863. The van der Waals surface area contributed by atoms with E-state index in [2.05, 4.69) is 23.8 Å². The van der Waals surface area contributed by atoms with Crippen molar-refractivity contribution in [3.8, 4) is 0 Å². The highest BCUT2D eigenvalue weighted by molar-refractivity contribution is 8.76. The van der Waals surface area contributed by atoms with Gasteiger partial charge in [-0.1, -0.05) is 34.7 Å². The van der Waals surface area contributed by atoms with Gasteiger partial charge in [-0.3, -0.25) is 19.2 Å². The number of nitrogens with one attached hydrogen (secondary N) is 2. The maximum atomic E-state index is 11.2. The van der Waals surface area contributed by atoms with Gasteiger partial charge in [-0.15, -0.1) is 0 Å². The monoisotopic (exact) mass is 346 g/mol. The molecule has 2 unspecified atom stereocenters. The van der Waals surface area contributed by atoms with Crippen molar-refractivity contribution in [1.29, 1.82) is 0 Å². The summed E-state index contributed by atoms with van der Waals surface area (Å²) in [6, 6.07) is -1.73. The summed E-state index contributed by atoms with van der Waals surface area (Å²) in [5.41, 5.74) is 10.3. The summed E-state index contributed by atoms with van der Waals surface area (Å²) >= 11 is 0. The van der Waals surface area contributed by atoms with Crippen LogP contribution >= 0.6 is 21.6 Å². The van der Waals surface area contributed by atoms with E-state index in [1.165, 1.54) is 21.6 Å². The van der Waals surface area contributed by atoms with Crippen molar-refractivity contribution < 1.29 is 19.2 Å². The van der Waals surface area contributed by atoms with Gasteiger partial charge in [0.15, 0.2) is 0 Å². The van der Waals surface area contributed by atoms with E-state index in [0.29, 0.717) is 0 Å². The predicted octanol–water partition coefficient (Wildman–Crippen LogP) is -1.32. The SMILES string of the molecule is C=CC(=O)NC(CSSCC(NC(=O)C=C)C(N)=O)C(N)=O. The fourth-order valence-corrected chi connectivity index (χ4v) is 3.44. The fraction of sp³-hybridized carbons (Fsp3) is 0.333. The van der Waals surface area contributed by atoms with Crippen LogP contribution in [0.4, 0.5) is 0 Å². The van der Waals surface area contributed by atoms with Gasteiger partial charge >= 0.3 is 0 Å². The van der Waals surface area contributed by atoms with Crippen molar-refractivity contribution in [3.05, 3.63) is 25.3 Å². The van der Waals surface area contributed by atoms with E-state index in [0.717, 1.165) is 12.2 Å². The third-order valence-corrected chi connectivity index (χ3v) is 4.67. The molecule has 2 atom stereocenters. The highest BCUT2D eigenvalue weighted by atomic mass is 33.1. The molecule has 0 fully saturated rings. The van der Waals surface area contributed by atoms with Crippen LogP contribution in [0.3, 0.4) is 0 Å². The quantitative estimate of drug-likeness (QED) is 0.207. The minimum Gasteiger partial charge on any atom is -0.368 e. The third-order valence-electron chi connectivity index (χ3n) is 2.24. The molecule has 0 spiro atoms. The lowest BCUT2D eigenvalue weighted by atomic mass is 10.3. The van der Waals surface area contributed by atoms with E-state index in [-0.39, 0.29) is 11.5 Å². The van der Waals surface area contributed by atoms with Crippen LogP contribution in [0.15, 0.2) is 25.3 Å². The summed E-state index contributed by atoms with van der Waals surface area (Å²) in [5.74, 6) is -2.00. The topological polar surface area (TPSA) is 144 Å². The van der Waals surface area contributed by atoms with Gasteiger partial charge in [0.2, 0.25) is 23.6 Å². The lowest BCUT2D eigenvalue weighted by Crippen LogP contribution is -2.46. The van der Waals surface area contributed by atoms with Gasteiger partial charge in [0.1, 0.15) is 12.1 Å². The first-order chi connectivity index (χ1) is 10.3. The Hall–Kier alpha value is -1.94. The highest BCUT2D eigenvalue weighted by Gasteiger charge is 2.19. The molecule has 0 bridgehead atoms. The zero-order valence-corrected chi connectivity index (χ0v) is 13.4. The van der Waals surface area contributed by atoms with Crippen LogP contribution in [-0.2, 0) is 19.2 Å². The van der Waals surface area contributed by atoms with Gasteiger partial charge in [-0.25, -0.2) is 0 Å². The van der Waals surface area contributed by atoms with Gasteiger partial charge in [0, 0.05) is 11.5 Å². The molecule has 0 aromatic carbocycles. The average molecular weight is 346 g/mol. The Morgan fingerprint density at radius 1 is 0.864 bits per heavy atom. The number of carbonyl (C=O) groups is 4. The van der Waals surface area contributed by atoms with E-state index in [1.54, 1.807) is 0 Å². The molecule has 0 aliphatic rings. The lowest BCUT2D eigenvalue weighted by molar-refractivity contribution is -0.124. The molecule has 0 aromatic rings. The van der Waals surface area contributed by atoms with E-state index in [1.807, 2.05) is 0 Å². The van der Waals surface area contributed by atoms with Crippen molar-refractivity contribution in [2.24, 2.45) is 11.5 Å². The Morgan fingerprint density at radius 3 is 1.41 bits per heavy atom. The molecule has 0 aliphatic heterocycles. The summed E-state index contributed by atoms with van der Waals surface area (Å²) in [6.07, 6.45) is 2.06. The molecule has 4 amide bonds. The van der Waals surface area contributed by atoms with Crippen molar-refractivity contribution >= 4 is 45.2 Å². The summed E-state index contributed by atoms with van der Waals surface area (Å²) in [5, 5.41) is 4.76. The summed E-state index contributed by atoms with van der Waals surface area (Å²) < 4.78 is 0. The molecule has 10 heteroatoms. The summed E-state index contributed by atoms with van der Waals surface area (Å²) in [6.45, 7) is 6.54. The van der Waals surface area contributed by atoms with Crippen molar-refractivity contribution in [3.63, 3.8) is 0 Å². The average Bonchev–Trinajstić information content (AvgIpc) is 2.47. The van der Waals surface area contributed by atoms with Crippen LogP contribution in [-0.4, -0.2) is 47.2 Å². The van der Waals surface area contributed by atoms with Gasteiger partial charge in [-0.05, 0) is 12.2 Å². The maximum Gasteiger partial charge on any atom is 0.244 e. The first kappa shape index (κ1) is 20.1. The highest BCUT2D eigenvalue weighted by Crippen LogP contribution is 2.22. The Labute approximate surface area is 135 Å². The standard InChI is InChI=1S/C12H18N4O4S2/c1-3-9(17)15-7(11(13)19)5-21-22-6-8(12(14)20)16-10(18)4-2/h3-4,7-8H,1-2,5-6H2,(H2,13,19)(H2,14,20)(H,15,17)(H,16,18). The largest absolute Gasteiger partial charge is 0.368 e. The van der Waals surface area contributed by atoms with Gasteiger partial charge in [-0.2, -0.15) is 0 Å². The third kappa shape index (κ3) is 8.37. The Balaban J connectivity index is 4.29. The van der Waals surface area contributed by atoms with Crippen LogP contribution in [0, 0.1) is 0 Å². The van der Waals surface area contributed by atoms with Crippen LogP contribution in [0.5, 0.6) is 0 Å². The van der Waals surface area contributed by atoms with Crippen molar-refractivity contribution in [2.45, 2.75) is 12.1 Å². The van der Waals surface area contributed by atoms with E-state index >= 15 is 0 Å². The molecule has 0 aromatic heterocycles. The second-order valence-corrected chi connectivity index (χ2v) is 6.46. The Kier molecular flexibility index (Phi) is 9.79.